The SMILES string of the molecule is O=[N+]([O-])c1ccc(-n2cc(-c3ccc(C(c4ccc(-c5cn(-c6ccc([N+](=O)[O-])cc6)nn5)cc4)(c4ccc(-c5cn(-c6ccc([N+](=O)[O-])cc6)nn5)cc4)c4ccc(-c5cn(-c6ccc([N+](=O)[O-])cc6)nn5)cc4)cc3)nn2)cc1. The van der Waals surface area contributed by atoms with Crippen molar-refractivity contribution in [3.8, 4) is 67.8 Å². The Bertz CT molecular complexity index is 3750. The predicted molar refractivity (Wildman–Crippen MR) is 293 cm³/mol. The van der Waals surface area contributed by atoms with E-state index in [4.69, 9.17) is 0 Å². The standard InChI is InChI=1S/C57H36N16O8/c74-70(75)49-25-17-45(18-26-49)66-33-53(58-62-66)37-1-9-41(10-2-37)57(42-11-3-38(4-12-42)54-34-67(63-59-54)46-19-27-50(28-20-46)71(76)77,43-13-5-39(6-14-43)55-35-68(64-60-55)47-21-29-51(30-22-47)72(78)79)44-15-7-40(8-16-44)56-36-69(65-61-56)48-23-31-52(32-24-48)73(80)81/h1-36H. The Morgan fingerprint density at radius 1 is 0.272 bits per heavy atom. The average molecular weight is 1070 g/mol. The molecule has 24 heteroatoms. The Hall–Kier alpha value is -12.1. The molecule has 0 aliphatic rings. The second-order valence-electron chi connectivity index (χ2n) is 18.3. The quantitative estimate of drug-likeness (QED) is 0.0493. The Labute approximate surface area is 455 Å². The van der Waals surface area contributed by atoms with Gasteiger partial charge in [0.15, 0.2) is 0 Å². The lowest BCUT2D eigenvalue weighted by molar-refractivity contribution is -0.385. The van der Waals surface area contributed by atoms with E-state index in [0.717, 1.165) is 44.5 Å². The number of hydrogen-bond donors (Lipinski definition) is 0. The van der Waals surface area contributed by atoms with Crippen molar-refractivity contribution >= 4 is 22.7 Å². The maximum atomic E-state index is 11.3. The van der Waals surface area contributed by atoms with Crippen LogP contribution in [-0.2, 0) is 5.41 Å². The molecular weight excluding hydrogens is 1040 g/mol. The van der Waals surface area contributed by atoms with Crippen molar-refractivity contribution in [2.45, 2.75) is 5.41 Å². The molecular formula is C57H36N16O8. The monoisotopic (exact) mass is 1070 g/mol. The predicted octanol–water partition coefficient (Wildman–Crippen LogP) is 10.7. The van der Waals surface area contributed by atoms with E-state index in [1.54, 1.807) is 92.0 Å². The zero-order valence-corrected chi connectivity index (χ0v) is 41.7. The molecule has 8 aromatic carbocycles. The first-order valence-corrected chi connectivity index (χ1v) is 24.5. The molecule has 24 nitrogen and oxygen atoms in total. The van der Waals surface area contributed by atoms with Crippen molar-refractivity contribution in [1.29, 1.82) is 0 Å². The molecule has 0 amide bonds. The van der Waals surface area contributed by atoms with Crippen LogP contribution in [-0.4, -0.2) is 79.7 Å². The van der Waals surface area contributed by atoms with Crippen LogP contribution in [0.4, 0.5) is 22.7 Å². The summed E-state index contributed by atoms with van der Waals surface area (Å²) in [6.45, 7) is 0. The molecule has 0 aliphatic carbocycles. The summed E-state index contributed by atoms with van der Waals surface area (Å²) in [7, 11) is 0. The van der Waals surface area contributed by atoms with Crippen LogP contribution in [0.2, 0.25) is 0 Å². The van der Waals surface area contributed by atoms with Gasteiger partial charge in [0.2, 0.25) is 0 Å². The van der Waals surface area contributed by atoms with Crippen molar-refractivity contribution in [3.05, 3.63) is 282 Å². The summed E-state index contributed by atoms with van der Waals surface area (Å²) in [6, 6.07) is 55.8. The molecule has 0 saturated heterocycles. The Morgan fingerprint density at radius 3 is 0.630 bits per heavy atom. The largest absolute Gasteiger partial charge is 0.269 e. The minimum Gasteiger partial charge on any atom is -0.258 e. The lowest BCUT2D eigenvalue weighted by Gasteiger charge is -2.37. The van der Waals surface area contributed by atoms with Crippen LogP contribution in [0.15, 0.2) is 219 Å². The maximum Gasteiger partial charge on any atom is 0.269 e. The molecule has 0 atom stereocenters. The van der Waals surface area contributed by atoms with E-state index in [1.165, 1.54) is 48.5 Å². The van der Waals surface area contributed by atoms with Gasteiger partial charge >= 0.3 is 0 Å². The fourth-order valence-corrected chi connectivity index (χ4v) is 9.56. The molecule has 392 valence electrons. The molecule has 0 fully saturated rings. The molecule has 12 rings (SSSR count). The molecule has 81 heavy (non-hydrogen) atoms. The summed E-state index contributed by atoms with van der Waals surface area (Å²) in [5.41, 5.74) is 9.61. The van der Waals surface area contributed by atoms with Crippen LogP contribution in [0.5, 0.6) is 0 Å². The third kappa shape index (κ3) is 9.54. The molecule has 0 bridgehead atoms. The topological polar surface area (TPSA) is 295 Å². The van der Waals surface area contributed by atoms with E-state index in [-0.39, 0.29) is 22.7 Å². The fourth-order valence-electron chi connectivity index (χ4n) is 9.56. The van der Waals surface area contributed by atoms with E-state index >= 15 is 0 Å². The van der Waals surface area contributed by atoms with Gasteiger partial charge in [-0.25, -0.2) is 18.7 Å². The van der Waals surface area contributed by atoms with Crippen LogP contribution in [0.25, 0.3) is 67.8 Å². The highest BCUT2D eigenvalue weighted by Gasteiger charge is 2.39. The summed E-state index contributed by atoms with van der Waals surface area (Å²) < 4.78 is 6.17. The first kappa shape index (κ1) is 49.8. The van der Waals surface area contributed by atoms with Crippen molar-refractivity contribution in [2.24, 2.45) is 0 Å². The average Bonchev–Trinajstić information content (AvgIpc) is 4.46. The maximum absolute atomic E-state index is 11.3. The Balaban J connectivity index is 0.972. The minimum atomic E-state index is -1.08. The van der Waals surface area contributed by atoms with Crippen molar-refractivity contribution in [2.75, 3.05) is 0 Å². The van der Waals surface area contributed by atoms with E-state index in [9.17, 15) is 40.5 Å². The second-order valence-corrected chi connectivity index (χ2v) is 18.3. The van der Waals surface area contributed by atoms with Crippen molar-refractivity contribution in [3.63, 3.8) is 0 Å². The number of rotatable bonds is 16. The third-order valence-corrected chi connectivity index (χ3v) is 13.7. The highest BCUT2D eigenvalue weighted by molar-refractivity contribution is 5.70. The normalized spacial score (nSPS) is 11.4. The first-order valence-electron chi connectivity index (χ1n) is 24.5. The van der Waals surface area contributed by atoms with Crippen LogP contribution >= 0.6 is 0 Å². The zero-order chi connectivity index (χ0) is 55.8. The molecule has 4 heterocycles. The summed E-state index contributed by atoms with van der Waals surface area (Å²) in [6.07, 6.45) is 6.97. The fraction of sp³-hybridized carbons (Fsp3) is 0.0175. The first-order chi connectivity index (χ1) is 39.4. The lowest BCUT2D eigenvalue weighted by atomic mass is 9.64. The van der Waals surface area contributed by atoms with Gasteiger partial charge in [0.05, 0.1) is 72.6 Å². The molecule has 0 aliphatic heterocycles. The number of nitro benzene ring substituents is 4. The second kappa shape index (κ2) is 20.5. The van der Waals surface area contributed by atoms with Crippen molar-refractivity contribution < 1.29 is 19.7 Å². The lowest BCUT2D eigenvalue weighted by Crippen LogP contribution is -2.31. The van der Waals surface area contributed by atoms with Gasteiger partial charge in [-0.15, -0.1) is 20.4 Å². The van der Waals surface area contributed by atoms with E-state index in [1.807, 2.05) is 97.1 Å². The van der Waals surface area contributed by atoms with Crippen LogP contribution < -0.4 is 0 Å². The highest BCUT2D eigenvalue weighted by atomic mass is 16.6. The zero-order valence-electron chi connectivity index (χ0n) is 41.7. The summed E-state index contributed by atoms with van der Waals surface area (Å²) >= 11 is 0. The van der Waals surface area contributed by atoms with Gasteiger partial charge in [-0.1, -0.05) is 118 Å². The molecule has 0 spiro atoms. The Kier molecular flexibility index (Phi) is 12.6. The van der Waals surface area contributed by atoms with Gasteiger partial charge in [0, 0.05) is 70.8 Å². The van der Waals surface area contributed by atoms with Gasteiger partial charge in [0.25, 0.3) is 22.7 Å². The molecule has 0 radical (unpaired) electrons. The number of non-ortho nitro benzene ring substituents is 4. The summed E-state index contributed by atoms with van der Waals surface area (Å²) in [5, 5.41) is 80.5. The number of nitrogens with zero attached hydrogens (tertiary/aromatic N) is 16. The van der Waals surface area contributed by atoms with Gasteiger partial charge < -0.3 is 0 Å². The smallest absolute Gasteiger partial charge is 0.258 e. The van der Waals surface area contributed by atoms with Gasteiger partial charge in [-0.05, 0) is 70.8 Å². The van der Waals surface area contributed by atoms with Gasteiger partial charge in [-0.3, -0.25) is 40.5 Å². The van der Waals surface area contributed by atoms with Crippen LogP contribution in [0, 0.1) is 40.5 Å². The molecule has 4 aromatic heterocycles. The van der Waals surface area contributed by atoms with Crippen LogP contribution in [0.1, 0.15) is 22.3 Å². The van der Waals surface area contributed by atoms with Crippen molar-refractivity contribution in [1.82, 2.24) is 60.0 Å². The number of aromatic nitrogens is 12. The van der Waals surface area contributed by atoms with Gasteiger partial charge in [0.1, 0.15) is 22.8 Å². The molecule has 0 unspecified atom stereocenters. The van der Waals surface area contributed by atoms with E-state index < -0.39 is 25.1 Å². The molecule has 0 saturated carbocycles. The highest BCUT2D eigenvalue weighted by Crippen LogP contribution is 2.47. The number of nitro groups is 4. The Morgan fingerprint density at radius 2 is 0.457 bits per heavy atom. The van der Waals surface area contributed by atoms with Crippen LogP contribution in [0.3, 0.4) is 0 Å². The van der Waals surface area contributed by atoms with Gasteiger partial charge in [-0.2, -0.15) is 0 Å². The summed E-state index contributed by atoms with van der Waals surface area (Å²) in [4.78, 5) is 43.5. The van der Waals surface area contributed by atoms with E-state index in [2.05, 4.69) is 41.2 Å². The summed E-state index contributed by atoms with van der Waals surface area (Å²) in [5.74, 6) is 0. The molecule has 0 N–H and O–H groups in total. The molecule has 12 aromatic rings. The minimum absolute atomic E-state index is 0.0514. The number of hydrogen-bond acceptors (Lipinski definition) is 16. The van der Waals surface area contributed by atoms with E-state index in [0.29, 0.717) is 45.5 Å². The third-order valence-electron chi connectivity index (χ3n) is 13.7. The number of benzene rings is 8.